The Bertz CT molecular complexity index is 407. The molecule has 2 N–H and O–H groups in total. The van der Waals surface area contributed by atoms with Gasteiger partial charge in [-0.25, -0.2) is 0 Å². The van der Waals surface area contributed by atoms with Crippen molar-refractivity contribution in [3.05, 3.63) is 23.8 Å². The SMILES string of the molecule is CCOC(CC)COc1ccc(N)c(C(F)(F)F)c1. The van der Waals surface area contributed by atoms with Crippen molar-refractivity contribution in [1.82, 2.24) is 0 Å². The molecule has 0 spiro atoms. The molecule has 0 fully saturated rings. The highest BCUT2D eigenvalue weighted by Crippen LogP contribution is 2.35. The van der Waals surface area contributed by atoms with Crippen molar-refractivity contribution >= 4 is 5.69 Å². The van der Waals surface area contributed by atoms with Gasteiger partial charge in [0.25, 0.3) is 0 Å². The Balaban J connectivity index is 2.75. The van der Waals surface area contributed by atoms with Gasteiger partial charge in [0.2, 0.25) is 0 Å². The predicted octanol–water partition coefficient (Wildman–Crippen LogP) is 3.48. The van der Waals surface area contributed by atoms with Crippen LogP contribution in [0.2, 0.25) is 0 Å². The Morgan fingerprint density at radius 2 is 1.95 bits per heavy atom. The lowest BCUT2D eigenvalue weighted by Gasteiger charge is -2.17. The van der Waals surface area contributed by atoms with Crippen molar-refractivity contribution in [2.24, 2.45) is 0 Å². The molecule has 0 aliphatic heterocycles. The van der Waals surface area contributed by atoms with Gasteiger partial charge in [0.1, 0.15) is 12.4 Å². The van der Waals surface area contributed by atoms with Crippen molar-refractivity contribution in [3.8, 4) is 5.75 Å². The Morgan fingerprint density at radius 3 is 2.47 bits per heavy atom. The number of benzene rings is 1. The lowest BCUT2D eigenvalue weighted by molar-refractivity contribution is -0.137. The van der Waals surface area contributed by atoms with E-state index < -0.39 is 11.7 Å². The monoisotopic (exact) mass is 277 g/mol. The Labute approximate surface area is 110 Å². The standard InChI is InChI=1S/C13H18F3NO2/c1-3-9(18-4-2)8-19-10-5-6-12(17)11(7-10)13(14,15)16/h5-7,9H,3-4,8,17H2,1-2H3. The topological polar surface area (TPSA) is 44.5 Å². The zero-order chi connectivity index (χ0) is 14.5. The van der Waals surface area contributed by atoms with E-state index in [0.717, 1.165) is 12.5 Å². The van der Waals surface area contributed by atoms with Gasteiger partial charge in [0.05, 0.1) is 11.7 Å². The van der Waals surface area contributed by atoms with Crippen molar-refractivity contribution in [2.45, 2.75) is 32.5 Å². The zero-order valence-electron chi connectivity index (χ0n) is 11.0. The number of nitrogen functional groups attached to an aromatic ring is 1. The van der Waals surface area contributed by atoms with E-state index in [1.807, 2.05) is 13.8 Å². The minimum Gasteiger partial charge on any atom is -0.491 e. The molecule has 0 saturated carbocycles. The first-order valence-electron chi connectivity index (χ1n) is 6.09. The van der Waals surface area contributed by atoms with E-state index in [0.29, 0.717) is 6.61 Å². The maximum absolute atomic E-state index is 12.7. The van der Waals surface area contributed by atoms with Gasteiger partial charge in [-0.1, -0.05) is 6.92 Å². The van der Waals surface area contributed by atoms with Crippen molar-refractivity contribution in [1.29, 1.82) is 0 Å². The average Bonchev–Trinajstić information content (AvgIpc) is 2.34. The number of anilines is 1. The van der Waals surface area contributed by atoms with Crippen LogP contribution in [0, 0.1) is 0 Å². The van der Waals surface area contributed by atoms with Crippen LogP contribution in [0.5, 0.6) is 5.75 Å². The summed E-state index contributed by atoms with van der Waals surface area (Å²) >= 11 is 0. The Morgan fingerprint density at radius 1 is 1.26 bits per heavy atom. The molecule has 0 saturated heterocycles. The number of rotatable bonds is 6. The third kappa shape index (κ3) is 4.63. The average molecular weight is 277 g/mol. The van der Waals surface area contributed by atoms with Gasteiger partial charge in [-0.15, -0.1) is 0 Å². The van der Waals surface area contributed by atoms with E-state index in [1.165, 1.54) is 12.1 Å². The molecular formula is C13H18F3NO2. The van der Waals surface area contributed by atoms with E-state index in [1.54, 1.807) is 0 Å². The highest BCUT2D eigenvalue weighted by Gasteiger charge is 2.33. The Kier molecular flexibility index (Phi) is 5.47. The molecule has 19 heavy (non-hydrogen) atoms. The van der Waals surface area contributed by atoms with Crippen LogP contribution in [-0.4, -0.2) is 19.3 Å². The second kappa shape index (κ2) is 6.65. The maximum Gasteiger partial charge on any atom is 0.418 e. The number of ether oxygens (including phenoxy) is 2. The molecule has 0 aliphatic carbocycles. The van der Waals surface area contributed by atoms with Crippen LogP contribution in [0.15, 0.2) is 18.2 Å². The molecule has 108 valence electrons. The van der Waals surface area contributed by atoms with Gasteiger partial charge in [-0.05, 0) is 31.5 Å². The van der Waals surface area contributed by atoms with Crippen LogP contribution in [0.1, 0.15) is 25.8 Å². The number of halogens is 3. The van der Waals surface area contributed by atoms with Gasteiger partial charge in [-0.3, -0.25) is 0 Å². The normalized spacial score (nSPS) is 13.3. The summed E-state index contributed by atoms with van der Waals surface area (Å²) in [7, 11) is 0. The lowest BCUT2D eigenvalue weighted by Crippen LogP contribution is -2.21. The highest BCUT2D eigenvalue weighted by atomic mass is 19.4. The molecule has 3 nitrogen and oxygen atoms in total. The number of hydrogen-bond donors (Lipinski definition) is 1. The molecule has 0 bridgehead atoms. The molecule has 1 aromatic rings. The fourth-order valence-corrected chi connectivity index (χ4v) is 1.58. The first-order valence-corrected chi connectivity index (χ1v) is 6.09. The van der Waals surface area contributed by atoms with E-state index in [9.17, 15) is 13.2 Å². The van der Waals surface area contributed by atoms with Crippen molar-refractivity contribution < 1.29 is 22.6 Å². The molecule has 0 amide bonds. The van der Waals surface area contributed by atoms with E-state index >= 15 is 0 Å². The van der Waals surface area contributed by atoms with Crippen LogP contribution in [0.25, 0.3) is 0 Å². The highest BCUT2D eigenvalue weighted by molar-refractivity contribution is 5.51. The minimum absolute atomic E-state index is 0.128. The van der Waals surface area contributed by atoms with Crippen LogP contribution < -0.4 is 10.5 Å². The third-order valence-electron chi connectivity index (χ3n) is 2.62. The van der Waals surface area contributed by atoms with Gasteiger partial charge in [0, 0.05) is 12.3 Å². The zero-order valence-corrected chi connectivity index (χ0v) is 11.0. The number of nitrogens with two attached hydrogens (primary N) is 1. The molecule has 1 aromatic carbocycles. The number of hydrogen-bond acceptors (Lipinski definition) is 3. The predicted molar refractivity (Wildman–Crippen MR) is 67.1 cm³/mol. The first kappa shape index (κ1) is 15.6. The lowest BCUT2D eigenvalue weighted by atomic mass is 10.1. The minimum atomic E-state index is -4.48. The molecule has 6 heteroatoms. The maximum atomic E-state index is 12.7. The van der Waals surface area contributed by atoms with E-state index in [2.05, 4.69) is 0 Å². The summed E-state index contributed by atoms with van der Waals surface area (Å²) in [5.41, 5.74) is 4.12. The van der Waals surface area contributed by atoms with Crippen molar-refractivity contribution in [3.63, 3.8) is 0 Å². The second-order valence-electron chi connectivity index (χ2n) is 4.04. The fraction of sp³-hybridized carbons (Fsp3) is 0.538. The van der Waals surface area contributed by atoms with Crippen LogP contribution in [0.3, 0.4) is 0 Å². The Hall–Kier alpha value is -1.43. The largest absolute Gasteiger partial charge is 0.491 e. The summed E-state index contributed by atoms with van der Waals surface area (Å²) in [6, 6.07) is 3.52. The molecule has 0 aromatic heterocycles. The van der Waals surface area contributed by atoms with Gasteiger partial charge >= 0.3 is 6.18 Å². The molecule has 0 heterocycles. The van der Waals surface area contributed by atoms with E-state index in [-0.39, 0.29) is 24.1 Å². The van der Waals surface area contributed by atoms with Crippen LogP contribution in [-0.2, 0) is 10.9 Å². The van der Waals surface area contributed by atoms with Gasteiger partial charge in [-0.2, -0.15) is 13.2 Å². The molecular weight excluding hydrogens is 259 g/mol. The van der Waals surface area contributed by atoms with E-state index in [4.69, 9.17) is 15.2 Å². The van der Waals surface area contributed by atoms with Gasteiger partial charge in [0.15, 0.2) is 0 Å². The summed E-state index contributed by atoms with van der Waals surface area (Å²) in [5, 5.41) is 0. The third-order valence-corrected chi connectivity index (χ3v) is 2.62. The van der Waals surface area contributed by atoms with Crippen LogP contribution in [0.4, 0.5) is 18.9 Å². The first-order chi connectivity index (χ1) is 8.88. The molecule has 1 unspecified atom stereocenters. The molecule has 1 atom stereocenters. The molecule has 1 rings (SSSR count). The number of alkyl halides is 3. The summed E-state index contributed by atoms with van der Waals surface area (Å²) < 4.78 is 48.6. The molecule has 0 radical (unpaired) electrons. The quantitative estimate of drug-likeness (QED) is 0.810. The van der Waals surface area contributed by atoms with Crippen LogP contribution >= 0.6 is 0 Å². The summed E-state index contributed by atoms with van der Waals surface area (Å²) in [5.74, 6) is 0.139. The summed E-state index contributed by atoms with van der Waals surface area (Å²) in [4.78, 5) is 0. The fourth-order valence-electron chi connectivity index (χ4n) is 1.58. The second-order valence-corrected chi connectivity index (χ2v) is 4.04. The summed E-state index contributed by atoms with van der Waals surface area (Å²) in [6.07, 6.45) is -3.88. The van der Waals surface area contributed by atoms with Crippen molar-refractivity contribution in [2.75, 3.05) is 18.9 Å². The molecule has 0 aliphatic rings. The van der Waals surface area contributed by atoms with Gasteiger partial charge < -0.3 is 15.2 Å². The summed E-state index contributed by atoms with van der Waals surface area (Å²) in [6.45, 7) is 4.53. The smallest absolute Gasteiger partial charge is 0.418 e.